The highest BCUT2D eigenvalue weighted by molar-refractivity contribution is 7.51. The van der Waals surface area contributed by atoms with Gasteiger partial charge in [0.25, 0.3) is 0 Å². The van der Waals surface area contributed by atoms with E-state index in [0.29, 0.717) is 0 Å². The molecule has 192 valence electrons. The Kier molecular flexibility index (Phi) is 11.4. The number of ether oxygens (including phenoxy) is 1. The SMILES string of the molecule is CCCCc1ccc(C[C@H](NC(=O)N(CC(C)C)CP(=O)(O)O)C(=O)OCc2ccccc2)cc1. The molecule has 0 radical (unpaired) electrons. The van der Waals surface area contributed by atoms with E-state index < -0.39 is 31.9 Å². The zero-order valence-corrected chi connectivity index (χ0v) is 21.6. The van der Waals surface area contributed by atoms with E-state index in [9.17, 15) is 23.9 Å². The molecule has 0 saturated heterocycles. The molecule has 2 amide bonds. The molecule has 0 spiro atoms. The van der Waals surface area contributed by atoms with E-state index >= 15 is 0 Å². The second kappa shape index (κ2) is 14.0. The minimum absolute atomic E-state index is 0.0218. The summed E-state index contributed by atoms with van der Waals surface area (Å²) >= 11 is 0. The van der Waals surface area contributed by atoms with Crippen molar-refractivity contribution in [1.82, 2.24) is 10.2 Å². The van der Waals surface area contributed by atoms with E-state index in [2.05, 4.69) is 12.2 Å². The van der Waals surface area contributed by atoms with Gasteiger partial charge in [-0.2, -0.15) is 0 Å². The van der Waals surface area contributed by atoms with Crippen molar-refractivity contribution in [2.75, 3.05) is 12.8 Å². The molecule has 8 nitrogen and oxygen atoms in total. The summed E-state index contributed by atoms with van der Waals surface area (Å²) in [5.41, 5.74) is 2.86. The van der Waals surface area contributed by atoms with Gasteiger partial charge in [0.1, 0.15) is 18.9 Å². The van der Waals surface area contributed by atoms with E-state index in [-0.39, 0.29) is 25.5 Å². The summed E-state index contributed by atoms with van der Waals surface area (Å²) < 4.78 is 17.1. The van der Waals surface area contributed by atoms with Gasteiger partial charge in [-0.3, -0.25) is 4.57 Å². The summed E-state index contributed by atoms with van der Waals surface area (Å²) in [4.78, 5) is 45.9. The summed E-state index contributed by atoms with van der Waals surface area (Å²) in [5.74, 6) is -0.635. The van der Waals surface area contributed by atoms with Gasteiger partial charge >= 0.3 is 19.6 Å². The van der Waals surface area contributed by atoms with Crippen LogP contribution in [-0.4, -0.2) is 45.6 Å². The van der Waals surface area contributed by atoms with Crippen LogP contribution >= 0.6 is 7.60 Å². The predicted molar refractivity (Wildman–Crippen MR) is 136 cm³/mol. The highest BCUT2D eigenvalue weighted by Gasteiger charge is 2.29. The second-order valence-electron chi connectivity index (χ2n) is 9.14. The lowest BCUT2D eigenvalue weighted by atomic mass is 10.0. The number of unbranched alkanes of at least 4 members (excludes halogenated alkanes) is 1. The van der Waals surface area contributed by atoms with Gasteiger partial charge in [-0.05, 0) is 35.4 Å². The molecule has 0 heterocycles. The molecule has 35 heavy (non-hydrogen) atoms. The van der Waals surface area contributed by atoms with Crippen molar-refractivity contribution < 1.29 is 28.7 Å². The van der Waals surface area contributed by atoms with Gasteiger partial charge in [0.05, 0.1) is 0 Å². The fourth-order valence-corrected chi connectivity index (χ4v) is 4.28. The van der Waals surface area contributed by atoms with E-state index in [1.165, 1.54) is 5.56 Å². The van der Waals surface area contributed by atoms with E-state index in [1.807, 2.05) is 68.4 Å². The number of hydrogen-bond donors (Lipinski definition) is 3. The summed E-state index contributed by atoms with van der Waals surface area (Å²) in [6.45, 7) is 6.00. The lowest BCUT2D eigenvalue weighted by molar-refractivity contribution is -0.147. The molecule has 2 aromatic rings. The van der Waals surface area contributed by atoms with Crippen LogP contribution in [0.25, 0.3) is 0 Å². The number of nitrogens with one attached hydrogen (secondary N) is 1. The van der Waals surface area contributed by atoms with Crippen LogP contribution in [0.5, 0.6) is 0 Å². The van der Waals surface area contributed by atoms with Crippen LogP contribution in [0.1, 0.15) is 50.3 Å². The Morgan fingerprint density at radius 1 is 1.00 bits per heavy atom. The Morgan fingerprint density at radius 2 is 1.63 bits per heavy atom. The zero-order valence-electron chi connectivity index (χ0n) is 20.7. The third-order valence-corrected chi connectivity index (χ3v) is 6.03. The Hall–Kier alpha value is -2.67. The van der Waals surface area contributed by atoms with Crippen LogP contribution in [-0.2, 0) is 33.5 Å². The number of carbonyl (C=O) groups is 2. The third-order valence-electron chi connectivity index (χ3n) is 5.32. The third kappa shape index (κ3) is 11.1. The number of rotatable bonds is 13. The first-order valence-electron chi connectivity index (χ1n) is 12.0. The predicted octanol–water partition coefficient (Wildman–Crippen LogP) is 4.49. The highest BCUT2D eigenvalue weighted by Crippen LogP contribution is 2.35. The topological polar surface area (TPSA) is 116 Å². The Balaban J connectivity index is 2.17. The summed E-state index contributed by atoms with van der Waals surface area (Å²) in [6, 6.07) is 15.4. The Morgan fingerprint density at radius 3 is 2.20 bits per heavy atom. The molecule has 0 aliphatic carbocycles. The van der Waals surface area contributed by atoms with E-state index in [4.69, 9.17) is 4.74 Å². The summed E-state index contributed by atoms with van der Waals surface area (Å²) in [6.07, 6.45) is 2.63. The van der Waals surface area contributed by atoms with Crippen LogP contribution in [0.4, 0.5) is 4.79 Å². The largest absolute Gasteiger partial charge is 0.459 e. The van der Waals surface area contributed by atoms with Crippen molar-refractivity contribution in [1.29, 1.82) is 0 Å². The molecule has 0 saturated carbocycles. The molecule has 3 N–H and O–H groups in total. The maximum atomic E-state index is 13.0. The number of hydrogen-bond acceptors (Lipinski definition) is 4. The zero-order chi connectivity index (χ0) is 25.8. The maximum Gasteiger partial charge on any atom is 0.344 e. The van der Waals surface area contributed by atoms with Crippen molar-refractivity contribution in [3.63, 3.8) is 0 Å². The molecule has 0 aliphatic rings. The molecular weight excluding hydrogens is 467 g/mol. The Bertz CT molecular complexity index is 975. The van der Waals surface area contributed by atoms with Crippen molar-refractivity contribution >= 4 is 19.6 Å². The summed E-state index contributed by atoms with van der Waals surface area (Å²) in [5, 5.41) is 2.65. The lowest BCUT2D eigenvalue weighted by Gasteiger charge is -2.27. The van der Waals surface area contributed by atoms with Crippen molar-refractivity contribution in [2.24, 2.45) is 5.92 Å². The number of esters is 1. The van der Waals surface area contributed by atoms with Crippen LogP contribution in [0.15, 0.2) is 54.6 Å². The molecule has 2 rings (SSSR count). The van der Waals surface area contributed by atoms with Gasteiger partial charge in [0, 0.05) is 13.0 Å². The normalized spacial score (nSPS) is 12.3. The monoisotopic (exact) mass is 504 g/mol. The van der Waals surface area contributed by atoms with E-state index in [1.54, 1.807) is 0 Å². The number of nitrogens with zero attached hydrogens (tertiary/aromatic N) is 1. The highest BCUT2D eigenvalue weighted by atomic mass is 31.2. The number of urea groups is 1. The Labute approximate surface area is 207 Å². The van der Waals surface area contributed by atoms with Crippen LogP contribution in [0, 0.1) is 5.92 Å². The first kappa shape index (κ1) is 28.6. The molecular formula is C26H37N2O6P. The maximum absolute atomic E-state index is 13.0. The first-order valence-corrected chi connectivity index (χ1v) is 13.8. The number of amides is 2. The quantitative estimate of drug-likeness (QED) is 0.274. The number of aryl methyl sites for hydroxylation is 1. The molecule has 2 aromatic carbocycles. The second-order valence-corrected chi connectivity index (χ2v) is 10.8. The van der Waals surface area contributed by atoms with Crippen molar-refractivity contribution in [3.05, 3.63) is 71.3 Å². The van der Waals surface area contributed by atoms with Crippen LogP contribution < -0.4 is 5.32 Å². The van der Waals surface area contributed by atoms with Gasteiger partial charge in [-0.25, -0.2) is 9.59 Å². The van der Waals surface area contributed by atoms with Gasteiger partial charge in [0.15, 0.2) is 0 Å². The molecule has 9 heteroatoms. The number of benzene rings is 2. The molecule has 1 atom stereocenters. The molecule has 0 aromatic heterocycles. The molecule has 0 unspecified atom stereocenters. The van der Waals surface area contributed by atoms with Crippen molar-refractivity contribution in [3.8, 4) is 0 Å². The first-order chi connectivity index (χ1) is 16.6. The summed E-state index contributed by atoms with van der Waals surface area (Å²) in [7, 11) is -4.48. The van der Waals surface area contributed by atoms with Gasteiger partial charge in [-0.15, -0.1) is 0 Å². The minimum Gasteiger partial charge on any atom is -0.459 e. The lowest BCUT2D eigenvalue weighted by Crippen LogP contribution is -2.50. The van der Waals surface area contributed by atoms with E-state index in [0.717, 1.165) is 35.3 Å². The van der Waals surface area contributed by atoms with Gasteiger partial charge < -0.3 is 24.7 Å². The average molecular weight is 505 g/mol. The van der Waals surface area contributed by atoms with Crippen molar-refractivity contribution in [2.45, 2.75) is 59.1 Å². The molecule has 0 bridgehead atoms. The molecule has 0 fully saturated rings. The van der Waals surface area contributed by atoms with Gasteiger partial charge in [-0.1, -0.05) is 81.8 Å². The fraction of sp³-hybridized carbons (Fsp3) is 0.462. The fourth-order valence-electron chi connectivity index (χ4n) is 3.59. The standard InChI is InChI=1S/C26H37N2O6P/c1-4-5-9-21-12-14-22(15-13-21)16-24(25(29)34-18-23-10-7-6-8-11-23)27-26(30)28(17-20(2)3)19-35(31,32)33/h6-8,10-15,20,24H,4-5,9,16-19H2,1-3H3,(H,27,30)(H2,31,32,33)/t24-/m0/s1. The minimum atomic E-state index is -4.48. The van der Waals surface area contributed by atoms with Crippen LogP contribution in [0.2, 0.25) is 0 Å². The smallest absolute Gasteiger partial charge is 0.344 e. The average Bonchev–Trinajstić information content (AvgIpc) is 2.80. The van der Waals surface area contributed by atoms with Gasteiger partial charge in [0.2, 0.25) is 0 Å². The number of carbonyl (C=O) groups excluding carboxylic acids is 2. The molecule has 0 aliphatic heterocycles. The van der Waals surface area contributed by atoms with Crippen LogP contribution in [0.3, 0.4) is 0 Å².